The topological polar surface area (TPSA) is 52.6 Å². The first-order valence-corrected chi connectivity index (χ1v) is 6.93. The van der Waals surface area contributed by atoms with Crippen LogP contribution in [0.1, 0.15) is 39.3 Å². The van der Waals surface area contributed by atoms with Crippen LogP contribution in [0.2, 0.25) is 0 Å². The summed E-state index contributed by atoms with van der Waals surface area (Å²) in [7, 11) is 0. The van der Waals surface area contributed by atoms with Gasteiger partial charge in [0.2, 0.25) is 5.91 Å². The molecule has 5 heteroatoms. The Kier molecular flexibility index (Phi) is 5.95. The standard InChI is InChI=1S/C15H23FN2O2/c1-5-18(6-2)15(20)11(4)17-10(3)13-9-12(16)7-8-14(13)19/h7-11,17,19H,5-6H2,1-4H3. The van der Waals surface area contributed by atoms with E-state index in [1.165, 1.54) is 18.2 Å². The SMILES string of the molecule is CCN(CC)C(=O)C(C)NC(C)c1cc(F)ccc1O. The van der Waals surface area contributed by atoms with Gasteiger partial charge >= 0.3 is 0 Å². The fourth-order valence-corrected chi connectivity index (χ4v) is 2.22. The third-order valence-electron chi connectivity index (χ3n) is 3.40. The highest BCUT2D eigenvalue weighted by atomic mass is 19.1. The second kappa shape index (κ2) is 7.24. The predicted molar refractivity (Wildman–Crippen MR) is 77.0 cm³/mol. The van der Waals surface area contributed by atoms with Crippen LogP contribution in [-0.2, 0) is 4.79 Å². The first-order valence-electron chi connectivity index (χ1n) is 6.93. The van der Waals surface area contributed by atoms with E-state index in [2.05, 4.69) is 5.32 Å². The Morgan fingerprint density at radius 2 is 1.95 bits per heavy atom. The minimum absolute atomic E-state index is 0.00209. The average Bonchev–Trinajstić information content (AvgIpc) is 2.42. The molecule has 0 spiro atoms. The van der Waals surface area contributed by atoms with Crippen molar-refractivity contribution in [2.24, 2.45) is 0 Å². The highest BCUT2D eigenvalue weighted by molar-refractivity contribution is 5.81. The number of carbonyl (C=O) groups is 1. The molecule has 1 aromatic rings. The third kappa shape index (κ3) is 3.93. The van der Waals surface area contributed by atoms with E-state index in [9.17, 15) is 14.3 Å². The number of aromatic hydroxyl groups is 1. The molecule has 0 aliphatic heterocycles. The van der Waals surface area contributed by atoms with Gasteiger partial charge in [-0.05, 0) is 45.9 Å². The van der Waals surface area contributed by atoms with E-state index in [0.29, 0.717) is 18.7 Å². The van der Waals surface area contributed by atoms with Crippen LogP contribution in [0.3, 0.4) is 0 Å². The van der Waals surface area contributed by atoms with Gasteiger partial charge in [-0.3, -0.25) is 10.1 Å². The summed E-state index contributed by atoms with van der Waals surface area (Å²) in [4.78, 5) is 13.9. The van der Waals surface area contributed by atoms with E-state index in [-0.39, 0.29) is 17.7 Å². The number of nitrogens with one attached hydrogen (secondary N) is 1. The molecular weight excluding hydrogens is 259 g/mol. The number of rotatable bonds is 6. The van der Waals surface area contributed by atoms with Gasteiger partial charge < -0.3 is 10.0 Å². The lowest BCUT2D eigenvalue weighted by Crippen LogP contribution is -2.45. The summed E-state index contributed by atoms with van der Waals surface area (Å²) in [6.07, 6.45) is 0. The largest absolute Gasteiger partial charge is 0.508 e. The van der Waals surface area contributed by atoms with Crippen LogP contribution in [0.4, 0.5) is 4.39 Å². The van der Waals surface area contributed by atoms with Crippen LogP contribution in [0.5, 0.6) is 5.75 Å². The molecule has 0 saturated carbocycles. The molecule has 0 saturated heterocycles. The summed E-state index contributed by atoms with van der Waals surface area (Å²) >= 11 is 0. The fraction of sp³-hybridized carbons (Fsp3) is 0.533. The normalized spacial score (nSPS) is 13.8. The summed E-state index contributed by atoms with van der Waals surface area (Å²) in [6.45, 7) is 8.72. The van der Waals surface area contributed by atoms with Crippen molar-refractivity contribution in [3.63, 3.8) is 0 Å². The quantitative estimate of drug-likeness (QED) is 0.842. The molecular formula is C15H23FN2O2. The van der Waals surface area contributed by atoms with Gasteiger partial charge in [-0.2, -0.15) is 0 Å². The number of phenols is 1. The van der Waals surface area contributed by atoms with Gasteiger partial charge in [0.05, 0.1) is 6.04 Å². The van der Waals surface area contributed by atoms with E-state index in [0.717, 1.165) is 0 Å². The Morgan fingerprint density at radius 1 is 1.35 bits per heavy atom. The van der Waals surface area contributed by atoms with Gasteiger partial charge in [0, 0.05) is 24.7 Å². The number of halogens is 1. The Hall–Kier alpha value is -1.62. The summed E-state index contributed by atoms with van der Waals surface area (Å²) in [5.74, 6) is -0.388. The molecule has 2 N–H and O–H groups in total. The summed E-state index contributed by atoms with van der Waals surface area (Å²) in [6, 6.07) is 3.09. The van der Waals surface area contributed by atoms with Gasteiger partial charge in [0.1, 0.15) is 11.6 Å². The van der Waals surface area contributed by atoms with Crippen molar-refractivity contribution in [1.29, 1.82) is 0 Å². The molecule has 0 fully saturated rings. The molecule has 0 aliphatic carbocycles. The maximum absolute atomic E-state index is 13.2. The zero-order chi connectivity index (χ0) is 15.3. The van der Waals surface area contributed by atoms with Crippen molar-refractivity contribution in [2.75, 3.05) is 13.1 Å². The van der Waals surface area contributed by atoms with Crippen LogP contribution in [0.15, 0.2) is 18.2 Å². The first-order chi connectivity index (χ1) is 9.40. The Bertz CT molecular complexity index is 461. The number of benzene rings is 1. The maximum Gasteiger partial charge on any atom is 0.239 e. The van der Waals surface area contributed by atoms with E-state index < -0.39 is 11.9 Å². The zero-order valence-electron chi connectivity index (χ0n) is 12.5. The molecule has 1 amide bonds. The molecule has 1 aromatic carbocycles. The monoisotopic (exact) mass is 282 g/mol. The molecule has 0 bridgehead atoms. The van der Waals surface area contributed by atoms with Crippen LogP contribution < -0.4 is 5.32 Å². The number of phenolic OH excluding ortho intramolecular Hbond substituents is 1. The lowest BCUT2D eigenvalue weighted by molar-refractivity contribution is -0.132. The first kappa shape index (κ1) is 16.4. The molecule has 1 rings (SSSR count). The van der Waals surface area contributed by atoms with Gasteiger partial charge in [-0.1, -0.05) is 0 Å². The van der Waals surface area contributed by atoms with Crippen molar-refractivity contribution >= 4 is 5.91 Å². The summed E-state index contributed by atoms with van der Waals surface area (Å²) < 4.78 is 13.2. The number of hydrogen-bond acceptors (Lipinski definition) is 3. The van der Waals surface area contributed by atoms with Crippen LogP contribution >= 0.6 is 0 Å². The molecule has 0 radical (unpaired) electrons. The Labute approximate surface area is 119 Å². The Balaban J connectivity index is 2.77. The van der Waals surface area contributed by atoms with Gasteiger partial charge in [0.15, 0.2) is 0 Å². The highest BCUT2D eigenvalue weighted by Gasteiger charge is 2.21. The number of nitrogens with zero attached hydrogens (tertiary/aromatic N) is 1. The van der Waals surface area contributed by atoms with Gasteiger partial charge in [-0.25, -0.2) is 4.39 Å². The van der Waals surface area contributed by atoms with E-state index >= 15 is 0 Å². The minimum atomic E-state index is -0.408. The highest BCUT2D eigenvalue weighted by Crippen LogP contribution is 2.25. The number of likely N-dealkylation sites (N-methyl/N-ethyl adjacent to an activating group) is 1. The van der Waals surface area contributed by atoms with Gasteiger partial charge in [-0.15, -0.1) is 0 Å². The summed E-state index contributed by atoms with van der Waals surface area (Å²) in [5, 5.41) is 12.9. The van der Waals surface area contributed by atoms with Gasteiger partial charge in [0.25, 0.3) is 0 Å². The molecule has 2 atom stereocenters. The van der Waals surface area contributed by atoms with E-state index in [1.54, 1.807) is 18.7 Å². The van der Waals surface area contributed by atoms with Crippen LogP contribution in [0.25, 0.3) is 0 Å². The molecule has 112 valence electrons. The lowest BCUT2D eigenvalue weighted by atomic mass is 10.1. The van der Waals surface area contributed by atoms with Crippen molar-refractivity contribution in [2.45, 2.75) is 39.8 Å². The molecule has 20 heavy (non-hydrogen) atoms. The average molecular weight is 282 g/mol. The minimum Gasteiger partial charge on any atom is -0.508 e. The number of hydrogen-bond donors (Lipinski definition) is 2. The van der Waals surface area contributed by atoms with Crippen molar-refractivity contribution in [3.05, 3.63) is 29.6 Å². The summed E-state index contributed by atoms with van der Waals surface area (Å²) in [5.41, 5.74) is 0.448. The van der Waals surface area contributed by atoms with Crippen molar-refractivity contribution < 1.29 is 14.3 Å². The zero-order valence-corrected chi connectivity index (χ0v) is 12.5. The molecule has 0 aromatic heterocycles. The van der Waals surface area contributed by atoms with E-state index in [4.69, 9.17) is 0 Å². The van der Waals surface area contributed by atoms with Crippen LogP contribution in [0, 0.1) is 5.82 Å². The van der Waals surface area contributed by atoms with Crippen molar-refractivity contribution in [3.8, 4) is 5.75 Å². The molecule has 2 unspecified atom stereocenters. The molecule has 4 nitrogen and oxygen atoms in total. The smallest absolute Gasteiger partial charge is 0.239 e. The lowest BCUT2D eigenvalue weighted by Gasteiger charge is -2.26. The fourth-order valence-electron chi connectivity index (χ4n) is 2.22. The second-order valence-electron chi connectivity index (χ2n) is 4.82. The number of carbonyl (C=O) groups excluding carboxylic acids is 1. The third-order valence-corrected chi connectivity index (χ3v) is 3.40. The van der Waals surface area contributed by atoms with E-state index in [1.807, 2.05) is 13.8 Å². The van der Waals surface area contributed by atoms with Crippen molar-refractivity contribution in [1.82, 2.24) is 10.2 Å². The van der Waals surface area contributed by atoms with Crippen LogP contribution in [-0.4, -0.2) is 35.0 Å². The second-order valence-corrected chi connectivity index (χ2v) is 4.82. The maximum atomic E-state index is 13.2. The molecule has 0 heterocycles. The molecule has 0 aliphatic rings. The Morgan fingerprint density at radius 3 is 2.50 bits per heavy atom. The number of amides is 1. The predicted octanol–water partition coefficient (Wildman–Crippen LogP) is 2.44.